The molecular formula is C22H13NO. The second-order valence-electron chi connectivity index (χ2n) is 5.64. The standard InChI is InChI=1S/C22H13NO/c23-14-20-15-8-4-6-10-17(15)22(18-11-7-5-9-16(18)20)19-12-2-1-3-13-21(19)24/h1-13H. The van der Waals surface area contributed by atoms with E-state index in [1.165, 1.54) is 0 Å². The lowest BCUT2D eigenvalue weighted by atomic mass is 9.89. The summed E-state index contributed by atoms with van der Waals surface area (Å²) in [5.74, 6) is 0. The van der Waals surface area contributed by atoms with E-state index in [0.29, 0.717) is 11.1 Å². The summed E-state index contributed by atoms with van der Waals surface area (Å²) in [7, 11) is 0. The van der Waals surface area contributed by atoms with Gasteiger partial charge in [-0.15, -0.1) is 0 Å². The van der Waals surface area contributed by atoms with E-state index in [-0.39, 0.29) is 5.43 Å². The van der Waals surface area contributed by atoms with Crippen molar-refractivity contribution in [2.24, 2.45) is 0 Å². The number of hydrogen-bond donors (Lipinski definition) is 0. The summed E-state index contributed by atoms with van der Waals surface area (Å²) >= 11 is 0. The number of benzene rings is 3. The van der Waals surface area contributed by atoms with Crippen molar-refractivity contribution < 1.29 is 0 Å². The first-order valence-corrected chi connectivity index (χ1v) is 7.74. The summed E-state index contributed by atoms with van der Waals surface area (Å²) in [6.45, 7) is 0. The third-order valence-electron chi connectivity index (χ3n) is 4.31. The first-order valence-electron chi connectivity index (χ1n) is 7.74. The quantitative estimate of drug-likeness (QED) is 0.470. The van der Waals surface area contributed by atoms with Gasteiger partial charge in [-0.3, -0.25) is 4.79 Å². The zero-order valence-corrected chi connectivity index (χ0v) is 12.9. The van der Waals surface area contributed by atoms with Crippen molar-refractivity contribution in [1.29, 1.82) is 5.26 Å². The molecular weight excluding hydrogens is 294 g/mol. The van der Waals surface area contributed by atoms with E-state index < -0.39 is 0 Å². The summed E-state index contributed by atoms with van der Waals surface area (Å²) in [5.41, 5.74) is 2.16. The normalized spacial score (nSPS) is 10.6. The van der Waals surface area contributed by atoms with Crippen LogP contribution in [0.3, 0.4) is 0 Å². The minimum absolute atomic E-state index is 0.0278. The molecule has 0 unspecified atom stereocenters. The van der Waals surface area contributed by atoms with E-state index in [2.05, 4.69) is 6.07 Å². The van der Waals surface area contributed by atoms with E-state index in [4.69, 9.17) is 0 Å². The van der Waals surface area contributed by atoms with Crippen LogP contribution in [0.2, 0.25) is 0 Å². The number of rotatable bonds is 1. The van der Waals surface area contributed by atoms with Crippen LogP contribution in [0.5, 0.6) is 0 Å². The highest BCUT2D eigenvalue weighted by Crippen LogP contribution is 2.37. The Morgan fingerprint density at radius 2 is 1.12 bits per heavy atom. The Hall–Kier alpha value is -3.44. The maximum Gasteiger partial charge on any atom is 0.186 e. The van der Waals surface area contributed by atoms with Crippen molar-refractivity contribution in [3.8, 4) is 17.2 Å². The second-order valence-corrected chi connectivity index (χ2v) is 5.64. The van der Waals surface area contributed by atoms with Crippen LogP contribution in [0, 0.1) is 11.3 Å². The van der Waals surface area contributed by atoms with Crippen LogP contribution < -0.4 is 5.43 Å². The molecule has 0 fully saturated rings. The summed E-state index contributed by atoms with van der Waals surface area (Å²) in [4.78, 5) is 12.6. The van der Waals surface area contributed by atoms with Crippen LogP contribution >= 0.6 is 0 Å². The van der Waals surface area contributed by atoms with E-state index in [1.54, 1.807) is 12.1 Å². The molecule has 0 saturated carbocycles. The Labute approximate surface area is 139 Å². The largest absolute Gasteiger partial charge is 0.289 e. The highest BCUT2D eigenvalue weighted by atomic mass is 16.1. The van der Waals surface area contributed by atoms with E-state index in [9.17, 15) is 10.1 Å². The van der Waals surface area contributed by atoms with E-state index in [0.717, 1.165) is 27.1 Å². The van der Waals surface area contributed by atoms with Gasteiger partial charge in [-0.2, -0.15) is 5.26 Å². The molecule has 112 valence electrons. The van der Waals surface area contributed by atoms with Crippen molar-refractivity contribution in [1.82, 2.24) is 0 Å². The van der Waals surface area contributed by atoms with Gasteiger partial charge in [0.1, 0.15) is 6.07 Å². The third-order valence-corrected chi connectivity index (χ3v) is 4.31. The fourth-order valence-corrected chi connectivity index (χ4v) is 3.28. The minimum atomic E-state index is -0.0278. The lowest BCUT2D eigenvalue weighted by molar-refractivity contribution is 1.51. The molecule has 0 aliphatic carbocycles. The second kappa shape index (κ2) is 5.64. The van der Waals surface area contributed by atoms with Gasteiger partial charge in [-0.05, 0) is 16.8 Å². The van der Waals surface area contributed by atoms with Crippen molar-refractivity contribution in [2.75, 3.05) is 0 Å². The molecule has 0 saturated heterocycles. The van der Waals surface area contributed by atoms with Crippen LogP contribution in [0.25, 0.3) is 32.7 Å². The molecule has 0 spiro atoms. The molecule has 0 atom stereocenters. The minimum Gasteiger partial charge on any atom is -0.289 e. The Morgan fingerprint density at radius 1 is 0.625 bits per heavy atom. The monoisotopic (exact) mass is 307 g/mol. The van der Waals surface area contributed by atoms with Crippen molar-refractivity contribution >= 4 is 21.5 Å². The van der Waals surface area contributed by atoms with Gasteiger partial charge in [-0.25, -0.2) is 0 Å². The molecule has 0 aliphatic rings. The van der Waals surface area contributed by atoms with Gasteiger partial charge in [0.25, 0.3) is 0 Å². The number of nitrogens with zero attached hydrogens (tertiary/aromatic N) is 1. The molecule has 0 amide bonds. The summed E-state index contributed by atoms with van der Waals surface area (Å²) in [6, 6.07) is 26.8. The van der Waals surface area contributed by atoms with Crippen LogP contribution in [-0.2, 0) is 0 Å². The summed E-state index contributed by atoms with van der Waals surface area (Å²) < 4.78 is 0. The number of fused-ring (bicyclic) bond motifs is 2. The van der Waals surface area contributed by atoms with E-state index in [1.807, 2.05) is 66.7 Å². The van der Waals surface area contributed by atoms with Gasteiger partial charge >= 0.3 is 0 Å². The topological polar surface area (TPSA) is 40.9 Å². The van der Waals surface area contributed by atoms with Crippen LogP contribution in [-0.4, -0.2) is 0 Å². The number of nitriles is 1. The molecule has 2 nitrogen and oxygen atoms in total. The first-order chi connectivity index (χ1) is 11.8. The maximum absolute atomic E-state index is 12.6. The van der Waals surface area contributed by atoms with Gasteiger partial charge < -0.3 is 0 Å². The Bertz CT molecular complexity index is 1130. The van der Waals surface area contributed by atoms with Gasteiger partial charge in [-0.1, -0.05) is 72.8 Å². The highest BCUT2D eigenvalue weighted by Gasteiger charge is 2.15. The van der Waals surface area contributed by atoms with Crippen molar-refractivity contribution in [3.05, 3.63) is 94.6 Å². The van der Waals surface area contributed by atoms with Crippen LogP contribution in [0.15, 0.2) is 83.7 Å². The van der Waals surface area contributed by atoms with E-state index >= 15 is 0 Å². The molecule has 0 aliphatic heterocycles. The molecule has 0 radical (unpaired) electrons. The zero-order valence-electron chi connectivity index (χ0n) is 12.9. The SMILES string of the molecule is N#Cc1c2ccccc2c(-c2cccccc2=O)c2ccccc12. The predicted octanol–water partition coefficient (Wildman–Crippen LogP) is 4.89. The average Bonchev–Trinajstić information content (AvgIpc) is 2.84. The van der Waals surface area contributed by atoms with Gasteiger partial charge in [0.05, 0.1) is 5.56 Å². The molecule has 0 aromatic heterocycles. The van der Waals surface area contributed by atoms with Crippen molar-refractivity contribution in [2.45, 2.75) is 0 Å². The first kappa shape index (κ1) is 14.2. The van der Waals surface area contributed by atoms with Gasteiger partial charge in [0.15, 0.2) is 5.43 Å². The summed E-state index contributed by atoms with van der Waals surface area (Å²) in [6.07, 6.45) is 0. The van der Waals surface area contributed by atoms with Gasteiger partial charge in [0.2, 0.25) is 0 Å². The fourth-order valence-electron chi connectivity index (χ4n) is 3.28. The molecule has 4 aromatic carbocycles. The highest BCUT2D eigenvalue weighted by molar-refractivity contribution is 6.16. The molecule has 0 bridgehead atoms. The lowest BCUT2D eigenvalue weighted by Crippen LogP contribution is -2.01. The molecule has 24 heavy (non-hydrogen) atoms. The van der Waals surface area contributed by atoms with Gasteiger partial charge in [0, 0.05) is 21.9 Å². The summed E-state index contributed by atoms with van der Waals surface area (Å²) in [5, 5.41) is 13.3. The molecule has 0 heterocycles. The predicted molar refractivity (Wildman–Crippen MR) is 97.9 cm³/mol. The van der Waals surface area contributed by atoms with Crippen molar-refractivity contribution in [3.63, 3.8) is 0 Å². The Kier molecular flexibility index (Phi) is 3.33. The average molecular weight is 307 g/mol. The lowest BCUT2D eigenvalue weighted by Gasteiger charge is -2.12. The molecule has 2 heteroatoms. The fraction of sp³-hybridized carbons (Fsp3) is 0. The third kappa shape index (κ3) is 2.07. The van der Waals surface area contributed by atoms with Crippen LogP contribution in [0.4, 0.5) is 0 Å². The molecule has 4 aromatic rings. The zero-order chi connectivity index (χ0) is 16.5. The van der Waals surface area contributed by atoms with Crippen LogP contribution in [0.1, 0.15) is 5.56 Å². The number of hydrogen-bond acceptors (Lipinski definition) is 2. The maximum atomic E-state index is 12.6. The smallest absolute Gasteiger partial charge is 0.186 e. The Morgan fingerprint density at radius 3 is 1.71 bits per heavy atom. The Balaban J connectivity index is 2.34. The molecule has 4 rings (SSSR count). The molecule has 0 N–H and O–H groups in total.